The number of primary amides is 1. The van der Waals surface area contributed by atoms with Crippen molar-refractivity contribution in [3.05, 3.63) is 66.0 Å². The number of nitrogens with one attached hydrogen (secondary N) is 1. The molecule has 5 rings (SSSR count). The van der Waals surface area contributed by atoms with E-state index in [0.29, 0.717) is 17.4 Å². The van der Waals surface area contributed by atoms with E-state index in [-0.39, 0.29) is 5.91 Å². The van der Waals surface area contributed by atoms with Gasteiger partial charge in [0.15, 0.2) is 11.5 Å². The largest absolute Gasteiger partial charge is 0.378 e. The minimum atomic E-state index is -0.371. The molecule has 1 aliphatic rings. The van der Waals surface area contributed by atoms with Crippen LogP contribution in [0.15, 0.2) is 54.9 Å². The second-order valence-electron chi connectivity index (χ2n) is 9.97. The molecule has 2 heterocycles. The lowest BCUT2D eigenvalue weighted by Crippen LogP contribution is -2.13. The zero-order chi connectivity index (χ0) is 24.7. The lowest BCUT2D eigenvalue weighted by atomic mass is 9.98. The van der Waals surface area contributed by atoms with Gasteiger partial charge in [-0.1, -0.05) is 32.0 Å². The number of aromatic nitrogens is 3. The summed E-state index contributed by atoms with van der Waals surface area (Å²) in [7, 11) is 4.06. The number of hydrogen-bond acceptors (Lipinski definition) is 5. The Labute approximate surface area is 206 Å². The highest BCUT2D eigenvalue weighted by molar-refractivity contribution is 5.95. The summed E-state index contributed by atoms with van der Waals surface area (Å²) >= 11 is 0. The molecular weight excluding hydrogens is 436 g/mol. The molecule has 1 saturated carbocycles. The lowest BCUT2D eigenvalue weighted by molar-refractivity contribution is 0.0999. The number of imidazole rings is 1. The Hall–Kier alpha value is -3.87. The van der Waals surface area contributed by atoms with Crippen LogP contribution < -0.4 is 16.0 Å². The Balaban J connectivity index is 1.64. The van der Waals surface area contributed by atoms with E-state index in [1.165, 1.54) is 0 Å². The van der Waals surface area contributed by atoms with Crippen molar-refractivity contribution in [1.29, 1.82) is 0 Å². The Bertz CT molecular complexity index is 1380. The summed E-state index contributed by atoms with van der Waals surface area (Å²) in [4.78, 5) is 23.7. The SMILES string of the molecule is CC(C)CNc1nc(-c2ccc(N(C)C)cc2)cn2c(-c3ccc(C(N)=O)c(C4CC4)c3)cnc12. The molecule has 0 radical (unpaired) electrons. The Morgan fingerprint density at radius 3 is 2.49 bits per heavy atom. The van der Waals surface area contributed by atoms with Gasteiger partial charge in [-0.05, 0) is 54.5 Å². The number of hydrogen-bond donors (Lipinski definition) is 2. The molecule has 2 aromatic heterocycles. The molecule has 1 fully saturated rings. The number of rotatable bonds is 8. The van der Waals surface area contributed by atoms with Crippen LogP contribution in [-0.2, 0) is 0 Å². The number of anilines is 2. The van der Waals surface area contributed by atoms with E-state index in [4.69, 9.17) is 15.7 Å². The van der Waals surface area contributed by atoms with E-state index in [1.54, 1.807) is 0 Å². The normalized spacial score (nSPS) is 13.4. The highest BCUT2D eigenvalue weighted by Gasteiger charge is 2.28. The first-order valence-electron chi connectivity index (χ1n) is 12.2. The number of fused-ring (bicyclic) bond motifs is 1. The first-order chi connectivity index (χ1) is 16.8. The van der Waals surface area contributed by atoms with Gasteiger partial charge in [-0.15, -0.1) is 0 Å². The first kappa shape index (κ1) is 22.9. The Morgan fingerprint density at radius 2 is 1.86 bits per heavy atom. The Morgan fingerprint density at radius 1 is 1.14 bits per heavy atom. The molecule has 7 heteroatoms. The van der Waals surface area contributed by atoms with Crippen molar-refractivity contribution in [2.75, 3.05) is 30.9 Å². The van der Waals surface area contributed by atoms with E-state index in [9.17, 15) is 4.79 Å². The maximum atomic E-state index is 12.0. The molecular formula is C28H32N6O. The van der Waals surface area contributed by atoms with Gasteiger partial charge in [-0.3, -0.25) is 9.20 Å². The molecule has 35 heavy (non-hydrogen) atoms. The predicted octanol–water partition coefficient (Wildman–Crippen LogP) is 5.17. The van der Waals surface area contributed by atoms with Gasteiger partial charge in [-0.2, -0.15) is 0 Å². The van der Waals surface area contributed by atoms with Crippen molar-refractivity contribution >= 4 is 23.1 Å². The standard InChI is InChI=1S/C28H32N6O/c1-17(2)14-30-27-28-31-15-25(20-9-12-22(26(29)35)23(13-20)18-5-6-18)34(28)16-24(32-27)19-7-10-21(11-8-19)33(3)4/h7-13,15-18H,5-6,14H2,1-4H3,(H2,29,35)(H,30,32). The van der Waals surface area contributed by atoms with Crippen molar-refractivity contribution in [2.24, 2.45) is 11.7 Å². The van der Waals surface area contributed by atoms with Crippen LogP contribution in [0, 0.1) is 5.92 Å². The minimum Gasteiger partial charge on any atom is -0.378 e. The minimum absolute atomic E-state index is 0.371. The van der Waals surface area contributed by atoms with E-state index >= 15 is 0 Å². The number of carbonyl (C=O) groups excluding carboxylic acids is 1. The highest BCUT2D eigenvalue weighted by atomic mass is 16.1. The van der Waals surface area contributed by atoms with Gasteiger partial charge >= 0.3 is 0 Å². The van der Waals surface area contributed by atoms with Gasteiger partial charge < -0.3 is 16.0 Å². The van der Waals surface area contributed by atoms with Crippen molar-refractivity contribution in [3.63, 3.8) is 0 Å². The molecule has 7 nitrogen and oxygen atoms in total. The van der Waals surface area contributed by atoms with Crippen LogP contribution in [0.2, 0.25) is 0 Å². The molecule has 0 spiro atoms. The molecule has 0 aliphatic heterocycles. The van der Waals surface area contributed by atoms with Crippen molar-refractivity contribution in [3.8, 4) is 22.5 Å². The van der Waals surface area contributed by atoms with Crippen LogP contribution in [-0.4, -0.2) is 40.9 Å². The fraction of sp³-hybridized carbons (Fsp3) is 0.321. The number of nitrogens with zero attached hydrogens (tertiary/aromatic N) is 4. The smallest absolute Gasteiger partial charge is 0.248 e. The summed E-state index contributed by atoms with van der Waals surface area (Å²) in [6.45, 7) is 5.14. The fourth-order valence-electron chi connectivity index (χ4n) is 4.37. The number of nitrogens with two attached hydrogens (primary N) is 1. The van der Waals surface area contributed by atoms with E-state index < -0.39 is 0 Å². The van der Waals surface area contributed by atoms with Crippen LogP contribution in [0.3, 0.4) is 0 Å². The van der Waals surface area contributed by atoms with Crippen molar-refractivity contribution in [1.82, 2.24) is 14.4 Å². The van der Waals surface area contributed by atoms with Crippen LogP contribution in [0.5, 0.6) is 0 Å². The molecule has 0 unspecified atom stereocenters. The second kappa shape index (κ2) is 9.06. The number of carbonyl (C=O) groups is 1. The third-order valence-corrected chi connectivity index (χ3v) is 6.48. The van der Waals surface area contributed by atoms with Gasteiger partial charge in [0.05, 0.1) is 17.6 Å². The van der Waals surface area contributed by atoms with Gasteiger partial charge in [0.1, 0.15) is 0 Å². The van der Waals surface area contributed by atoms with Crippen molar-refractivity contribution in [2.45, 2.75) is 32.6 Å². The molecule has 4 aromatic rings. The molecule has 1 amide bonds. The van der Waals surface area contributed by atoms with E-state index in [0.717, 1.165) is 64.6 Å². The molecule has 0 saturated heterocycles. The molecule has 2 aromatic carbocycles. The molecule has 0 atom stereocenters. The van der Waals surface area contributed by atoms with Crippen molar-refractivity contribution < 1.29 is 4.79 Å². The fourth-order valence-corrected chi connectivity index (χ4v) is 4.37. The Kier molecular flexibility index (Phi) is 5.93. The maximum Gasteiger partial charge on any atom is 0.248 e. The summed E-state index contributed by atoms with van der Waals surface area (Å²) in [5.74, 6) is 1.27. The highest BCUT2D eigenvalue weighted by Crippen LogP contribution is 2.43. The van der Waals surface area contributed by atoms with Gasteiger partial charge in [0, 0.05) is 49.2 Å². The predicted molar refractivity (Wildman–Crippen MR) is 142 cm³/mol. The van der Waals surface area contributed by atoms with Crippen LogP contribution in [0.1, 0.15) is 48.5 Å². The van der Waals surface area contributed by atoms with Gasteiger partial charge in [0.25, 0.3) is 0 Å². The quantitative estimate of drug-likeness (QED) is 0.372. The third kappa shape index (κ3) is 4.58. The summed E-state index contributed by atoms with van der Waals surface area (Å²) < 4.78 is 2.10. The van der Waals surface area contributed by atoms with Crippen LogP contribution >= 0.6 is 0 Å². The van der Waals surface area contributed by atoms with E-state index in [2.05, 4.69) is 58.8 Å². The van der Waals surface area contributed by atoms with Gasteiger partial charge in [0.2, 0.25) is 5.91 Å². The monoisotopic (exact) mass is 468 g/mol. The maximum absolute atomic E-state index is 12.0. The summed E-state index contributed by atoms with van der Waals surface area (Å²) in [6.07, 6.45) is 6.11. The van der Waals surface area contributed by atoms with Gasteiger partial charge in [-0.25, -0.2) is 9.97 Å². The molecule has 0 bridgehead atoms. The zero-order valence-corrected chi connectivity index (χ0v) is 20.7. The first-order valence-corrected chi connectivity index (χ1v) is 12.2. The topological polar surface area (TPSA) is 88.5 Å². The molecule has 180 valence electrons. The van der Waals surface area contributed by atoms with Crippen LogP contribution in [0.4, 0.5) is 11.5 Å². The van der Waals surface area contributed by atoms with E-state index in [1.807, 2.05) is 38.6 Å². The number of amides is 1. The molecule has 1 aliphatic carbocycles. The number of benzene rings is 2. The zero-order valence-electron chi connectivity index (χ0n) is 20.7. The average molecular weight is 469 g/mol. The summed E-state index contributed by atoms with van der Waals surface area (Å²) in [5, 5.41) is 3.49. The average Bonchev–Trinajstić information content (AvgIpc) is 3.60. The lowest BCUT2D eigenvalue weighted by Gasteiger charge is -2.15. The third-order valence-electron chi connectivity index (χ3n) is 6.48. The molecule has 3 N–H and O–H groups in total. The summed E-state index contributed by atoms with van der Waals surface area (Å²) in [6, 6.07) is 14.3. The van der Waals surface area contributed by atoms with Crippen LogP contribution in [0.25, 0.3) is 28.2 Å². The second-order valence-corrected chi connectivity index (χ2v) is 9.97. The summed E-state index contributed by atoms with van der Waals surface area (Å²) in [5.41, 5.74) is 13.1.